The molecular formula is C13H17N3O. The van der Waals surface area contributed by atoms with Crippen LogP contribution in [-0.2, 0) is 0 Å². The molecule has 2 N–H and O–H groups in total. The monoisotopic (exact) mass is 231 g/mol. The van der Waals surface area contributed by atoms with Crippen molar-refractivity contribution in [2.75, 3.05) is 18.0 Å². The third kappa shape index (κ3) is 1.78. The number of nitrogens with zero attached hydrogens (tertiary/aromatic N) is 2. The maximum atomic E-state index is 6.13. The van der Waals surface area contributed by atoms with Gasteiger partial charge in [0.15, 0.2) is 0 Å². The second-order valence-corrected chi connectivity index (χ2v) is 4.84. The minimum absolute atomic E-state index is 0.229. The number of fused-ring (bicyclic) bond motifs is 1. The van der Waals surface area contributed by atoms with Crippen molar-refractivity contribution in [2.45, 2.75) is 19.4 Å². The van der Waals surface area contributed by atoms with E-state index in [0.717, 1.165) is 36.3 Å². The number of aromatic nitrogens is 1. The van der Waals surface area contributed by atoms with E-state index in [0.29, 0.717) is 5.92 Å². The summed E-state index contributed by atoms with van der Waals surface area (Å²) in [7, 11) is 0. The normalized spacial score (nSPS) is 25.4. The van der Waals surface area contributed by atoms with Crippen molar-refractivity contribution in [3.05, 3.63) is 24.6 Å². The smallest absolute Gasteiger partial charge is 0.139 e. The summed E-state index contributed by atoms with van der Waals surface area (Å²) >= 11 is 0. The van der Waals surface area contributed by atoms with Gasteiger partial charge in [-0.25, -0.2) is 4.98 Å². The first-order valence-electron chi connectivity index (χ1n) is 6.08. The van der Waals surface area contributed by atoms with Crippen LogP contribution in [0.25, 0.3) is 11.0 Å². The highest BCUT2D eigenvalue weighted by Gasteiger charge is 2.25. The third-order valence-electron chi connectivity index (χ3n) is 3.67. The average Bonchev–Trinajstić information content (AvgIpc) is 2.80. The van der Waals surface area contributed by atoms with E-state index in [1.54, 1.807) is 12.5 Å². The fourth-order valence-corrected chi connectivity index (χ4v) is 2.42. The van der Waals surface area contributed by atoms with Crippen molar-refractivity contribution >= 4 is 16.8 Å². The molecule has 0 bridgehead atoms. The number of hydrogen-bond acceptors (Lipinski definition) is 4. The van der Waals surface area contributed by atoms with Crippen LogP contribution in [-0.4, -0.2) is 24.1 Å². The van der Waals surface area contributed by atoms with E-state index in [1.807, 2.05) is 12.1 Å². The summed E-state index contributed by atoms with van der Waals surface area (Å²) in [6.07, 6.45) is 4.63. The van der Waals surface area contributed by atoms with Gasteiger partial charge in [-0.2, -0.15) is 0 Å². The van der Waals surface area contributed by atoms with Crippen LogP contribution in [0.3, 0.4) is 0 Å². The number of furan rings is 1. The fraction of sp³-hybridized carbons (Fsp3) is 0.462. The van der Waals surface area contributed by atoms with Gasteiger partial charge in [0.25, 0.3) is 0 Å². The second kappa shape index (κ2) is 4.04. The first-order chi connectivity index (χ1) is 8.25. The zero-order valence-electron chi connectivity index (χ0n) is 9.97. The molecule has 0 radical (unpaired) electrons. The van der Waals surface area contributed by atoms with Crippen molar-refractivity contribution in [3.8, 4) is 0 Å². The predicted octanol–water partition coefficient (Wildman–Crippen LogP) is 2.00. The van der Waals surface area contributed by atoms with Crippen LogP contribution < -0.4 is 10.6 Å². The Morgan fingerprint density at radius 2 is 2.35 bits per heavy atom. The molecule has 4 heteroatoms. The topological polar surface area (TPSA) is 55.3 Å². The number of pyridine rings is 1. The highest BCUT2D eigenvalue weighted by molar-refractivity contribution is 5.88. The molecule has 0 aromatic carbocycles. The van der Waals surface area contributed by atoms with Gasteiger partial charge < -0.3 is 15.1 Å². The minimum Gasteiger partial charge on any atom is -0.464 e. The van der Waals surface area contributed by atoms with Crippen LogP contribution >= 0.6 is 0 Å². The van der Waals surface area contributed by atoms with Crippen molar-refractivity contribution in [1.29, 1.82) is 0 Å². The van der Waals surface area contributed by atoms with Crippen molar-refractivity contribution < 1.29 is 4.42 Å². The molecule has 0 amide bonds. The summed E-state index contributed by atoms with van der Waals surface area (Å²) in [6.45, 7) is 4.11. The Bertz CT molecular complexity index is 522. The standard InChI is InChI=1S/C13H17N3O/c1-9-3-6-16(8-11(9)14)13-10-4-7-17-12(10)2-5-15-13/h2,4-5,7,9,11H,3,6,8,14H2,1H3. The molecule has 1 aliphatic heterocycles. The van der Waals surface area contributed by atoms with Gasteiger partial charge in [0, 0.05) is 25.3 Å². The lowest BCUT2D eigenvalue weighted by Gasteiger charge is -2.35. The molecule has 3 heterocycles. The zero-order valence-corrected chi connectivity index (χ0v) is 9.97. The largest absolute Gasteiger partial charge is 0.464 e. The van der Waals surface area contributed by atoms with Gasteiger partial charge >= 0.3 is 0 Å². The molecule has 2 aromatic rings. The molecular weight excluding hydrogens is 214 g/mol. The minimum atomic E-state index is 0.229. The number of hydrogen-bond donors (Lipinski definition) is 1. The summed E-state index contributed by atoms with van der Waals surface area (Å²) in [5.41, 5.74) is 7.02. The Morgan fingerprint density at radius 1 is 1.47 bits per heavy atom. The first kappa shape index (κ1) is 10.6. The number of piperidine rings is 1. The summed E-state index contributed by atoms with van der Waals surface area (Å²) in [4.78, 5) is 6.74. The Morgan fingerprint density at radius 3 is 3.18 bits per heavy atom. The maximum Gasteiger partial charge on any atom is 0.139 e. The van der Waals surface area contributed by atoms with E-state index in [1.165, 1.54) is 0 Å². The third-order valence-corrected chi connectivity index (χ3v) is 3.67. The van der Waals surface area contributed by atoms with Gasteiger partial charge in [0.1, 0.15) is 11.4 Å². The maximum absolute atomic E-state index is 6.13. The Hall–Kier alpha value is -1.55. The molecule has 4 nitrogen and oxygen atoms in total. The van der Waals surface area contributed by atoms with Crippen LogP contribution in [0.15, 0.2) is 29.0 Å². The van der Waals surface area contributed by atoms with E-state index in [9.17, 15) is 0 Å². The molecule has 90 valence electrons. The lowest BCUT2D eigenvalue weighted by atomic mass is 9.94. The SMILES string of the molecule is CC1CCN(c2nccc3occc23)CC1N. The highest BCUT2D eigenvalue weighted by Crippen LogP contribution is 2.28. The molecule has 2 aromatic heterocycles. The van der Waals surface area contributed by atoms with Crippen LogP contribution in [0.1, 0.15) is 13.3 Å². The quantitative estimate of drug-likeness (QED) is 0.815. The van der Waals surface area contributed by atoms with Crippen LogP contribution in [0.2, 0.25) is 0 Å². The van der Waals surface area contributed by atoms with Crippen LogP contribution in [0.4, 0.5) is 5.82 Å². The van der Waals surface area contributed by atoms with E-state index in [2.05, 4.69) is 16.8 Å². The second-order valence-electron chi connectivity index (χ2n) is 4.84. The van der Waals surface area contributed by atoms with Gasteiger partial charge in [-0.05, 0) is 24.5 Å². The Labute approximate surface area is 100 Å². The summed E-state index contributed by atoms with van der Waals surface area (Å²) < 4.78 is 5.40. The van der Waals surface area contributed by atoms with E-state index in [4.69, 9.17) is 10.2 Å². The highest BCUT2D eigenvalue weighted by atomic mass is 16.3. The van der Waals surface area contributed by atoms with E-state index in [-0.39, 0.29) is 6.04 Å². The number of anilines is 1. The first-order valence-corrected chi connectivity index (χ1v) is 6.08. The molecule has 3 rings (SSSR count). The van der Waals surface area contributed by atoms with Crippen LogP contribution in [0.5, 0.6) is 0 Å². The molecule has 0 spiro atoms. The number of rotatable bonds is 1. The van der Waals surface area contributed by atoms with Crippen LogP contribution in [0, 0.1) is 5.92 Å². The summed E-state index contributed by atoms with van der Waals surface area (Å²) in [6, 6.07) is 4.10. The lowest BCUT2D eigenvalue weighted by Crippen LogP contribution is -2.47. The average molecular weight is 231 g/mol. The van der Waals surface area contributed by atoms with Crippen molar-refractivity contribution in [2.24, 2.45) is 11.7 Å². The summed E-state index contributed by atoms with van der Waals surface area (Å²) in [5, 5.41) is 1.08. The zero-order chi connectivity index (χ0) is 11.8. The molecule has 17 heavy (non-hydrogen) atoms. The van der Waals surface area contributed by atoms with E-state index >= 15 is 0 Å². The Balaban J connectivity index is 1.96. The van der Waals surface area contributed by atoms with Crippen molar-refractivity contribution in [3.63, 3.8) is 0 Å². The molecule has 2 unspecified atom stereocenters. The molecule has 1 aliphatic rings. The summed E-state index contributed by atoms with van der Waals surface area (Å²) in [5.74, 6) is 1.59. The molecule has 2 atom stereocenters. The Kier molecular flexibility index (Phi) is 2.52. The van der Waals surface area contributed by atoms with Gasteiger partial charge in [0.05, 0.1) is 11.6 Å². The van der Waals surface area contributed by atoms with Crippen molar-refractivity contribution in [1.82, 2.24) is 4.98 Å². The van der Waals surface area contributed by atoms with Gasteiger partial charge in [-0.1, -0.05) is 6.92 Å². The van der Waals surface area contributed by atoms with Gasteiger partial charge in [-0.15, -0.1) is 0 Å². The molecule has 1 fully saturated rings. The molecule has 1 saturated heterocycles. The van der Waals surface area contributed by atoms with E-state index < -0.39 is 0 Å². The fourth-order valence-electron chi connectivity index (χ4n) is 2.42. The lowest BCUT2D eigenvalue weighted by molar-refractivity contribution is 0.378. The van der Waals surface area contributed by atoms with Gasteiger partial charge in [0.2, 0.25) is 0 Å². The molecule has 0 saturated carbocycles. The van der Waals surface area contributed by atoms with Gasteiger partial charge in [-0.3, -0.25) is 0 Å². The molecule has 0 aliphatic carbocycles. The number of nitrogens with two attached hydrogens (primary N) is 1. The predicted molar refractivity (Wildman–Crippen MR) is 68.0 cm³/mol.